The van der Waals surface area contributed by atoms with Gasteiger partial charge in [0, 0.05) is 11.6 Å². The molecule has 1 atom stereocenters. The van der Waals surface area contributed by atoms with Crippen molar-refractivity contribution in [3.63, 3.8) is 0 Å². The lowest BCUT2D eigenvalue weighted by Crippen LogP contribution is -2.47. The van der Waals surface area contributed by atoms with Gasteiger partial charge < -0.3 is 11.1 Å². The van der Waals surface area contributed by atoms with Gasteiger partial charge in [-0.25, -0.2) is 9.97 Å². The van der Waals surface area contributed by atoms with Crippen molar-refractivity contribution in [2.75, 3.05) is 5.32 Å². The largest absolute Gasteiger partial charge is 0.362 e. The van der Waals surface area contributed by atoms with E-state index in [1.807, 2.05) is 38.1 Å². The lowest BCUT2D eigenvalue weighted by Gasteiger charge is -2.31. The minimum absolute atomic E-state index is 0.0187. The number of nitrogens with zero attached hydrogens (tertiary/aromatic N) is 2. The van der Waals surface area contributed by atoms with Crippen LogP contribution in [0.25, 0.3) is 11.0 Å². The minimum Gasteiger partial charge on any atom is -0.362 e. The zero-order valence-electron chi connectivity index (χ0n) is 11.4. The van der Waals surface area contributed by atoms with E-state index < -0.39 is 0 Å². The van der Waals surface area contributed by atoms with Gasteiger partial charge in [-0.3, -0.25) is 0 Å². The van der Waals surface area contributed by atoms with Gasteiger partial charge in [0.2, 0.25) is 0 Å². The molecular weight excluding hydrogens is 224 g/mol. The van der Waals surface area contributed by atoms with Crippen LogP contribution in [-0.2, 0) is 0 Å². The number of aryl methyl sites for hydroxylation is 1. The second-order valence-electron chi connectivity index (χ2n) is 5.28. The standard InChI is InChI=1S/C14H20N4/c1-9-13(18-14(3,4)10(2)15)17-12-8-6-5-7-11(12)16-9/h5-8,10H,15H2,1-4H3,(H,17,18). The summed E-state index contributed by atoms with van der Waals surface area (Å²) >= 11 is 0. The molecule has 1 aromatic heterocycles. The van der Waals surface area contributed by atoms with Crippen LogP contribution in [-0.4, -0.2) is 21.5 Å². The van der Waals surface area contributed by atoms with E-state index in [-0.39, 0.29) is 11.6 Å². The first-order chi connectivity index (χ1) is 8.40. The lowest BCUT2D eigenvalue weighted by atomic mass is 9.97. The van der Waals surface area contributed by atoms with Crippen LogP contribution in [0.15, 0.2) is 24.3 Å². The number of anilines is 1. The number of para-hydroxylation sites is 2. The molecule has 3 N–H and O–H groups in total. The fraction of sp³-hybridized carbons (Fsp3) is 0.429. The summed E-state index contributed by atoms with van der Waals surface area (Å²) in [4.78, 5) is 9.17. The van der Waals surface area contributed by atoms with Gasteiger partial charge in [0.15, 0.2) is 0 Å². The van der Waals surface area contributed by atoms with Gasteiger partial charge in [0.05, 0.1) is 16.7 Å². The zero-order chi connectivity index (χ0) is 13.3. The monoisotopic (exact) mass is 244 g/mol. The SMILES string of the molecule is Cc1nc2ccccc2nc1NC(C)(C)C(C)N. The van der Waals surface area contributed by atoms with Gasteiger partial charge in [-0.2, -0.15) is 0 Å². The minimum atomic E-state index is -0.220. The fourth-order valence-electron chi connectivity index (χ4n) is 1.63. The Hall–Kier alpha value is -1.68. The molecule has 2 rings (SSSR count). The molecule has 0 aliphatic heterocycles. The number of benzene rings is 1. The highest BCUT2D eigenvalue weighted by Crippen LogP contribution is 2.20. The van der Waals surface area contributed by atoms with Crippen molar-refractivity contribution in [1.29, 1.82) is 0 Å². The van der Waals surface area contributed by atoms with E-state index >= 15 is 0 Å². The quantitative estimate of drug-likeness (QED) is 0.870. The van der Waals surface area contributed by atoms with Crippen molar-refractivity contribution in [1.82, 2.24) is 9.97 Å². The molecule has 0 saturated heterocycles. The molecule has 0 bridgehead atoms. The smallest absolute Gasteiger partial charge is 0.148 e. The van der Waals surface area contributed by atoms with E-state index in [4.69, 9.17) is 5.73 Å². The Morgan fingerprint density at radius 3 is 2.28 bits per heavy atom. The molecule has 1 unspecified atom stereocenters. The van der Waals surface area contributed by atoms with Crippen molar-refractivity contribution in [3.8, 4) is 0 Å². The fourth-order valence-corrected chi connectivity index (χ4v) is 1.63. The summed E-state index contributed by atoms with van der Waals surface area (Å²) in [5.74, 6) is 0.802. The Labute approximate surface area is 108 Å². The molecule has 0 aliphatic rings. The molecule has 0 spiro atoms. The predicted octanol–water partition coefficient (Wildman–Crippen LogP) is 2.48. The normalized spacial score (nSPS) is 13.6. The van der Waals surface area contributed by atoms with Crippen LogP contribution in [0.3, 0.4) is 0 Å². The van der Waals surface area contributed by atoms with Gasteiger partial charge in [0.25, 0.3) is 0 Å². The third kappa shape index (κ3) is 2.43. The molecule has 0 saturated carbocycles. The van der Waals surface area contributed by atoms with E-state index in [2.05, 4.69) is 29.1 Å². The van der Waals surface area contributed by atoms with Gasteiger partial charge in [-0.05, 0) is 39.8 Å². The van der Waals surface area contributed by atoms with Crippen LogP contribution in [0.2, 0.25) is 0 Å². The molecular formula is C14H20N4. The highest BCUT2D eigenvalue weighted by atomic mass is 15.1. The van der Waals surface area contributed by atoms with E-state index in [0.717, 1.165) is 22.5 Å². The molecule has 0 aliphatic carbocycles. The maximum absolute atomic E-state index is 5.97. The number of rotatable bonds is 3. The molecule has 18 heavy (non-hydrogen) atoms. The average molecular weight is 244 g/mol. The summed E-state index contributed by atoms with van der Waals surface area (Å²) in [5.41, 5.74) is 8.45. The molecule has 96 valence electrons. The van der Waals surface area contributed by atoms with Gasteiger partial charge >= 0.3 is 0 Å². The summed E-state index contributed by atoms with van der Waals surface area (Å²) in [5, 5.41) is 3.38. The van der Waals surface area contributed by atoms with Crippen LogP contribution >= 0.6 is 0 Å². The van der Waals surface area contributed by atoms with Crippen LogP contribution in [0.1, 0.15) is 26.5 Å². The number of nitrogens with one attached hydrogen (secondary N) is 1. The van der Waals surface area contributed by atoms with Crippen molar-refractivity contribution in [3.05, 3.63) is 30.0 Å². The van der Waals surface area contributed by atoms with E-state index in [9.17, 15) is 0 Å². The summed E-state index contributed by atoms with van der Waals surface area (Å²) < 4.78 is 0. The van der Waals surface area contributed by atoms with Crippen molar-refractivity contribution in [2.45, 2.75) is 39.3 Å². The summed E-state index contributed by atoms with van der Waals surface area (Å²) in [6.07, 6.45) is 0. The Bertz CT molecular complexity index is 561. The van der Waals surface area contributed by atoms with Crippen molar-refractivity contribution in [2.24, 2.45) is 5.73 Å². The Balaban J connectivity index is 2.42. The van der Waals surface area contributed by atoms with Crippen LogP contribution in [0, 0.1) is 6.92 Å². The van der Waals surface area contributed by atoms with E-state index in [1.54, 1.807) is 0 Å². The highest BCUT2D eigenvalue weighted by Gasteiger charge is 2.24. The number of fused-ring (bicyclic) bond motifs is 1. The molecule has 2 aromatic rings. The molecule has 4 nitrogen and oxygen atoms in total. The van der Waals surface area contributed by atoms with Crippen LogP contribution < -0.4 is 11.1 Å². The number of aromatic nitrogens is 2. The van der Waals surface area contributed by atoms with E-state index in [1.165, 1.54) is 0 Å². The summed E-state index contributed by atoms with van der Waals surface area (Å²) in [6, 6.07) is 7.88. The number of hydrogen-bond donors (Lipinski definition) is 2. The number of nitrogens with two attached hydrogens (primary N) is 1. The average Bonchev–Trinajstić information content (AvgIpc) is 2.29. The molecule has 0 radical (unpaired) electrons. The van der Waals surface area contributed by atoms with Gasteiger partial charge in [-0.1, -0.05) is 12.1 Å². The molecule has 0 fully saturated rings. The predicted molar refractivity (Wildman–Crippen MR) is 75.6 cm³/mol. The van der Waals surface area contributed by atoms with Gasteiger partial charge in [0.1, 0.15) is 5.82 Å². The molecule has 1 heterocycles. The van der Waals surface area contributed by atoms with E-state index in [0.29, 0.717) is 0 Å². The van der Waals surface area contributed by atoms with Crippen LogP contribution in [0.5, 0.6) is 0 Å². The lowest BCUT2D eigenvalue weighted by molar-refractivity contribution is 0.468. The molecule has 1 aromatic carbocycles. The highest BCUT2D eigenvalue weighted by molar-refractivity contribution is 5.76. The maximum Gasteiger partial charge on any atom is 0.148 e. The topological polar surface area (TPSA) is 63.8 Å². The first-order valence-corrected chi connectivity index (χ1v) is 6.17. The second-order valence-corrected chi connectivity index (χ2v) is 5.28. The summed E-state index contributed by atoms with van der Waals surface area (Å²) in [7, 11) is 0. The third-order valence-electron chi connectivity index (χ3n) is 3.32. The molecule has 4 heteroatoms. The Morgan fingerprint density at radius 1 is 1.17 bits per heavy atom. The third-order valence-corrected chi connectivity index (χ3v) is 3.32. The van der Waals surface area contributed by atoms with Crippen molar-refractivity contribution < 1.29 is 0 Å². The maximum atomic E-state index is 5.97. The Kier molecular flexibility index (Phi) is 3.22. The second kappa shape index (κ2) is 4.53. The summed E-state index contributed by atoms with van der Waals surface area (Å²) in [6.45, 7) is 8.07. The first-order valence-electron chi connectivity index (χ1n) is 6.17. The molecule has 0 amide bonds. The van der Waals surface area contributed by atoms with Crippen LogP contribution in [0.4, 0.5) is 5.82 Å². The number of hydrogen-bond acceptors (Lipinski definition) is 4. The Morgan fingerprint density at radius 2 is 1.72 bits per heavy atom. The zero-order valence-corrected chi connectivity index (χ0v) is 11.4. The first kappa shape index (κ1) is 12.8. The van der Waals surface area contributed by atoms with Gasteiger partial charge in [-0.15, -0.1) is 0 Å². The van der Waals surface area contributed by atoms with Crippen molar-refractivity contribution >= 4 is 16.9 Å².